The molecule has 2 amide bonds. The van der Waals surface area contributed by atoms with Gasteiger partial charge in [-0.1, -0.05) is 17.2 Å². The topological polar surface area (TPSA) is 105 Å². The van der Waals surface area contributed by atoms with Crippen LogP contribution >= 0.6 is 0 Å². The van der Waals surface area contributed by atoms with E-state index in [1.165, 1.54) is 12.1 Å². The van der Waals surface area contributed by atoms with E-state index in [2.05, 4.69) is 15.2 Å². The minimum Gasteiger partial charge on any atom is -0.321 e. The van der Waals surface area contributed by atoms with Gasteiger partial charge in [0.1, 0.15) is 5.82 Å². The highest BCUT2D eigenvalue weighted by Crippen LogP contribution is 2.37. The van der Waals surface area contributed by atoms with Crippen molar-refractivity contribution in [3.05, 3.63) is 47.0 Å². The van der Waals surface area contributed by atoms with E-state index in [0.717, 1.165) is 12.8 Å². The molecule has 8 heteroatoms. The van der Waals surface area contributed by atoms with Crippen LogP contribution in [0.2, 0.25) is 0 Å². The number of benzene rings is 1. The van der Waals surface area contributed by atoms with E-state index in [1.807, 2.05) is 0 Å². The predicted octanol–water partition coefficient (Wildman–Crippen LogP) is 1.05. The Kier molecular flexibility index (Phi) is 2.59. The van der Waals surface area contributed by atoms with Crippen LogP contribution in [0.5, 0.6) is 0 Å². The molecule has 1 saturated carbocycles. The Balaban J connectivity index is 1.55. The summed E-state index contributed by atoms with van der Waals surface area (Å²) in [5, 5.41) is 6.87. The molecule has 0 atom stereocenters. The number of amides is 2. The minimum absolute atomic E-state index is 0.196. The first-order valence-corrected chi connectivity index (χ1v) is 6.77. The number of carbonyl (C=O) groups excluding carboxylic acids is 3. The molecule has 0 spiro atoms. The molecular formula is C14H10N4O4. The third-order valence-corrected chi connectivity index (χ3v) is 3.58. The Bertz CT molecular complexity index is 774. The molecule has 0 saturated heterocycles. The number of imide groups is 1. The first-order chi connectivity index (χ1) is 10.6. The summed E-state index contributed by atoms with van der Waals surface area (Å²) >= 11 is 0. The van der Waals surface area contributed by atoms with Crippen molar-refractivity contribution in [2.45, 2.75) is 18.8 Å². The molecule has 1 aliphatic carbocycles. The zero-order valence-electron chi connectivity index (χ0n) is 11.3. The number of fused-ring (bicyclic) bond motifs is 1. The van der Waals surface area contributed by atoms with Gasteiger partial charge in [0, 0.05) is 5.92 Å². The number of H-pyrrole nitrogens is 1. The van der Waals surface area contributed by atoms with Gasteiger partial charge in [0.25, 0.3) is 17.6 Å². The van der Waals surface area contributed by atoms with Crippen LogP contribution in [0.3, 0.4) is 0 Å². The lowest BCUT2D eigenvalue weighted by atomic mass is 10.1. The molecule has 2 aliphatic rings. The van der Waals surface area contributed by atoms with Crippen LogP contribution in [0.4, 0.5) is 0 Å². The van der Waals surface area contributed by atoms with E-state index < -0.39 is 17.8 Å². The predicted molar refractivity (Wildman–Crippen MR) is 70.7 cm³/mol. The summed E-state index contributed by atoms with van der Waals surface area (Å²) in [6.07, 6.45) is 2.00. The molecule has 0 radical (unpaired) electrons. The van der Waals surface area contributed by atoms with Crippen molar-refractivity contribution in [2.24, 2.45) is 0 Å². The lowest BCUT2D eigenvalue weighted by Crippen LogP contribution is -2.33. The number of hydrogen-bond donors (Lipinski definition) is 1. The van der Waals surface area contributed by atoms with Gasteiger partial charge in [0.05, 0.1) is 11.1 Å². The molecular weight excluding hydrogens is 288 g/mol. The standard InChI is InChI=1S/C14H10N4O4/c19-12-8-3-1-2-4-9(8)13(20)18(12)22-14(21)11-15-10(16-17-11)7-5-6-7/h1-4,7H,5-6H2,(H,15,16,17). The molecule has 2 aromatic rings. The molecule has 0 unspecified atom stereocenters. The fourth-order valence-electron chi connectivity index (χ4n) is 2.28. The van der Waals surface area contributed by atoms with Crippen LogP contribution in [0.1, 0.15) is 55.9 Å². The SMILES string of the molecule is O=C(ON1C(=O)c2ccccc2C1=O)c1n[nH]c(C2CC2)n1. The van der Waals surface area contributed by atoms with Crippen molar-refractivity contribution in [1.82, 2.24) is 20.2 Å². The van der Waals surface area contributed by atoms with Crippen molar-refractivity contribution in [2.75, 3.05) is 0 Å². The maximum atomic E-state index is 12.1. The van der Waals surface area contributed by atoms with Crippen molar-refractivity contribution in [3.63, 3.8) is 0 Å². The Morgan fingerprint density at radius 2 is 1.82 bits per heavy atom. The van der Waals surface area contributed by atoms with Gasteiger partial charge in [-0.3, -0.25) is 14.7 Å². The average molecular weight is 298 g/mol. The molecule has 4 rings (SSSR count). The largest absolute Gasteiger partial charge is 0.403 e. The fraction of sp³-hybridized carbons (Fsp3) is 0.214. The van der Waals surface area contributed by atoms with Crippen LogP contribution in [-0.4, -0.2) is 38.0 Å². The molecule has 110 valence electrons. The molecule has 1 fully saturated rings. The third kappa shape index (κ3) is 1.88. The van der Waals surface area contributed by atoms with E-state index in [4.69, 9.17) is 4.84 Å². The number of hydrogen-bond acceptors (Lipinski definition) is 6. The van der Waals surface area contributed by atoms with E-state index in [9.17, 15) is 14.4 Å². The average Bonchev–Trinajstić information content (AvgIpc) is 3.22. The summed E-state index contributed by atoms with van der Waals surface area (Å²) in [6.45, 7) is 0. The maximum Gasteiger partial charge on any atom is 0.403 e. The Labute approximate surface area is 124 Å². The van der Waals surface area contributed by atoms with E-state index in [-0.39, 0.29) is 17.0 Å². The monoisotopic (exact) mass is 298 g/mol. The molecule has 2 heterocycles. The smallest absolute Gasteiger partial charge is 0.321 e. The zero-order chi connectivity index (χ0) is 15.3. The number of nitrogens with one attached hydrogen (secondary N) is 1. The summed E-state index contributed by atoms with van der Waals surface area (Å²) < 4.78 is 0. The molecule has 8 nitrogen and oxygen atoms in total. The van der Waals surface area contributed by atoms with Gasteiger partial charge in [0.15, 0.2) is 0 Å². The Morgan fingerprint density at radius 1 is 1.18 bits per heavy atom. The number of aromatic amines is 1. The highest BCUT2D eigenvalue weighted by atomic mass is 16.7. The minimum atomic E-state index is -0.947. The van der Waals surface area contributed by atoms with Crippen molar-refractivity contribution in [3.8, 4) is 0 Å². The highest BCUT2D eigenvalue weighted by molar-refractivity contribution is 6.21. The van der Waals surface area contributed by atoms with Gasteiger partial charge in [-0.15, -0.1) is 5.10 Å². The van der Waals surface area contributed by atoms with Crippen LogP contribution in [0, 0.1) is 0 Å². The summed E-state index contributed by atoms with van der Waals surface area (Å²) in [6, 6.07) is 6.27. The van der Waals surface area contributed by atoms with E-state index >= 15 is 0 Å². The molecule has 0 bridgehead atoms. The van der Waals surface area contributed by atoms with E-state index in [1.54, 1.807) is 12.1 Å². The second kappa shape index (κ2) is 4.48. The Morgan fingerprint density at radius 3 is 2.41 bits per heavy atom. The summed E-state index contributed by atoms with van der Waals surface area (Å²) in [7, 11) is 0. The van der Waals surface area contributed by atoms with Crippen molar-refractivity contribution in [1.29, 1.82) is 0 Å². The lowest BCUT2D eigenvalue weighted by Gasteiger charge is -2.10. The summed E-state index contributed by atoms with van der Waals surface area (Å²) in [4.78, 5) is 45.0. The molecule has 22 heavy (non-hydrogen) atoms. The van der Waals surface area contributed by atoms with Gasteiger partial charge < -0.3 is 4.84 Å². The number of rotatable bonds is 3. The second-order valence-electron chi connectivity index (χ2n) is 5.15. The Hall–Kier alpha value is -3.03. The van der Waals surface area contributed by atoms with E-state index in [0.29, 0.717) is 16.8 Å². The normalized spacial score (nSPS) is 16.8. The highest BCUT2D eigenvalue weighted by Gasteiger charge is 2.39. The molecule has 1 aromatic heterocycles. The molecule has 1 aliphatic heterocycles. The van der Waals surface area contributed by atoms with Gasteiger partial charge >= 0.3 is 5.97 Å². The van der Waals surface area contributed by atoms with Crippen molar-refractivity contribution < 1.29 is 19.2 Å². The van der Waals surface area contributed by atoms with Gasteiger partial charge in [0.2, 0.25) is 0 Å². The zero-order valence-corrected chi connectivity index (χ0v) is 11.3. The van der Waals surface area contributed by atoms with Gasteiger partial charge in [-0.25, -0.2) is 9.78 Å². The van der Waals surface area contributed by atoms with Gasteiger partial charge in [-0.05, 0) is 25.0 Å². The number of hydroxylamine groups is 2. The summed E-state index contributed by atoms with van der Waals surface area (Å²) in [5.41, 5.74) is 0.405. The number of nitrogens with zero attached hydrogens (tertiary/aromatic N) is 3. The maximum absolute atomic E-state index is 12.1. The number of carbonyl (C=O) groups is 3. The van der Waals surface area contributed by atoms with Gasteiger partial charge in [-0.2, -0.15) is 0 Å². The first-order valence-electron chi connectivity index (χ1n) is 6.77. The van der Waals surface area contributed by atoms with Crippen LogP contribution in [0.25, 0.3) is 0 Å². The summed E-state index contributed by atoms with van der Waals surface area (Å²) in [5.74, 6) is -1.57. The molecule has 1 aromatic carbocycles. The van der Waals surface area contributed by atoms with Crippen molar-refractivity contribution >= 4 is 17.8 Å². The third-order valence-electron chi connectivity index (χ3n) is 3.58. The number of aromatic nitrogens is 3. The fourth-order valence-corrected chi connectivity index (χ4v) is 2.28. The molecule has 1 N–H and O–H groups in total. The van der Waals surface area contributed by atoms with Crippen LogP contribution in [0.15, 0.2) is 24.3 Å². The quantitative estimate of drug-likeness (QED) is 0.849. The first kappa shape index (κ1) is 12.7. The van der Waals surface area contributed by atoms with Crippen LogP contribution in [-0.2, 0) is 4.84 Å². The lowest BCUT2D eigenvalue weighted by molar-refractivity contribution is -0.0592. The second-order valence-corrected chi connectivity index (χ2v) is 5.15. The van der Waals surface area contributed by atoms with Crippen LogP contribution < -0.4 is 0 Å².